The first-order valence-electron chi connectivity index (χ1n) is 8.62. The van der Waals surface area contributed by atoms with E-state index in [-0.39, 0.29) is 28.5 Å². The van der Waals surface area contributed by atoms with Gasteiger partial charge in [0.2, 0.25) is 5.89 Å². The number of aromatic nitrogens is 2. The lowest BCUT2D eigenvalue weighted by Gasteiger charge is -2.10. The molecule has 30 heavy (non-hydrogen) atoms. The molecule has 5 nitrogen and oxygen atoms in total. The van der Waals surface area contributed by atoms with Crippen LogP contribution in [0.15, 0.2) is 63.9 Å². The molecule has 1 N–H and O–H groups in total. The van der Waals surface area contributed by atoms with E-state index in [0.29, 0.717) is 6.07 Å². The maximum atomic E-state index is 14.3. The molecule has 2 heterocycles. The predicted molar refractivity (Wildman–Crippen MR) is 98.7 cm³/mol. The van der Waals surface area contributed by atoms with Crippen molar-refractivity contribution in [2.75, 3.05) is 0 Å². The number of pyridine rings is 1. The molecule has 0 amide bonds. The number of para-hydroxylation sites is 1. The van der Waals surface area contributed by atoms with Crippen molar-refractivity contribution in [3.63, 3.8) is 0 Å². The summed E-state index contributed by atoms with van der Waals surface area (Å²) < 4.78 is 62.1. The summed E-state index contributed by atoms with van der Waals surface area (Å²) in [6, 6.07) is 8.30. The van der Waals surface area contributed by atoms with Gasteiger partial charge in [-0.25, -0.2) is 22.5 Å². The van der Waals surface area contributed by atoms with Crippen molar-refractivity contribution in [1.82, 2.24) is 9.55 Å². The van der Waals surface area contributed by atoms with Crippen LogP contribution >= 0.6 is 0 Å². The fourth-order valence-electron chi connectivity index (χ4n) is 3.00. The molecule has 0 atom stereocenters. The molecule has 0 saturated carbocycles. The number of nitrogens with zero attached hydrogens (tertiary/aromatic N) is 2. The van der Waals surface area contributed by atoms with Crippen molar-refractivity contribution >= 4 is 0 Å². The summed E-state index contributed by atoms with van der Waals surface area (Å²) in [5.74, 6) is -3.98. The number of oxazole rings is 1. The first kappa shape index (κ1) is 19.6. The average molecular weight is 416 g/mol. The Balaban J connectivity index is 1.94. The van der Waals surface area contributed by atoms with Crippen LogP contribution in [-0.4, -0.2) is 14.7 Å². The third kappa shape index (κ3) is 3.39. The summed E-state index contributed by atoms with van der Waals surface area (Å²) in [4.78, 5) is 16.3. The molecule has 4 aromatic rings. The SMILES string of the molecule is O=c1ccc(-c2nc(CO)oc2-c2ccc(F)cc2F)cn1-c1c(F)cccc1F. The molecule has 0 saturated heterocycles. The van der Waals surface area contributed by atoms with Gasteiger partial charge in [-0.3, -0.25) is 9.36 Å². The zero-order chi connectivity index (χ0) is 21.4. The second-order valence-corrected chi connectivity index (χ2v) is 6.26. The molecule has 0 aliphatic rings. The summed E-state index contributed by atoms with van der Waals surface area (Å²) >= 11 is 0. The second kappa shape index (κ2) is 7.60. The molecule has 0 bridgehead atoms. The molecule has 152 valence electrons. The van der Waals surface area contributed by atoms with Gasteiger partial charge in [0.05, 0.1) is 5.56 Å². The van der Waals surface area contributed by atoms with Crippen molar-refractivity contribution in [2.45, 2.75) is 6.61 Å². The summed E-state index contributed by atoms with van der Waals surface area (Å²) in [6.07, 6.45) is 1.12. The van der Waals surface area contributed by atoms with Crippen molar-refractivity contribution in [2.24, 2.45) is 0 Å². The minimum Gasteiger partial charge on any atom is -0.437 e. The smallest absolute Gasteiger partial charge is 0.255 e. The Morgan fingerprint density at radius 2 is 1.70 bits per heavy atom. The average Bonchev–Trinajstić information content (AvgIpc) is 3.13. The van der Waals surface area contributed by atoms with Crippen LogP contribution in [0.5, 0.6) is 0 Å². The largest absolute Gasteiger partial charge is 0.437 e. The second-order valence-electron chi connectivity index (χ2n) is 6.26. The molecule has 2 aromatic heterocycles. The van der Waals surface area contributed by atoms with Crippen LogP contribution in [0.4, 0.5) is 17.6 Å². The Morgan fingerprint density at radius 3 is 2.37 bits per heavy atom. The van der Waals surface area contributed by atoms with E-state index in [1.165, 1.54) is 6.07 Å². The predicted octanol–water partition coefficient (Wildman–Crippen LogP) is 4.21. The number of halogens is 4. The van der Waals surface area contributed by atoms with E-state index in [4.69, 9.17) is 4.42 Å². The Bertz CT molecular complexity index is 1290. The molecule has 0 aliphatic heterocycles. The number of aliphatic hydroxyl groups excluding tert-OH is 1. The fourth-order valence-corrected chi connectivity index (χ4v) is 3.00. The lowest BCUT2D eigenvalue weighted by molar-refractivity contribution is 0.241. The topological polar surface area (TPSA) is 68.3 Å². The highest BCUT2D eigenvalue weighted by Crippen LogP contribution is 2.34. The van der Waals surface area contributed by atoms with Gasteiger partial charge in [0.1, 0.15) is 41.3 Å². The number of hydrogen-bond donors (Lipinski definition) is 1. The summed E-state index contributed by atoms with van der Waals surface area (Å²) in [6.45, 7) is -0.614. The fraction of sp³-hybridized carbons (Fsp3) is 0.0476. The zero-order valence-corrected chi connectivity index (χ0v) is 15.1. The van der Waals surface area contributed by atoms with Crippen LogP contribution < -0.4 is 5.56 Å². The lowest BCUT2D eigenvalue weighted by atomic mass is 10.1. The molecule has 0 fully saturated rings. The van der Waals surface area contributed by atoms with E-state index in [1.54, 1.807) is 0 Å². The van der Waals surface area contributed by atoms with Gasteiger partial charge in [-0.05, 0) is 30.3 Å². The Labute approximate surface area is 166 Å². The molecule has 4 rings (SSSR count). The van der Waals surface area contributed by atoms with E-state index < -0.39 is 41.1 Å². The minimum absolute atomic E-state index is 0.00458. The van der Waals surface area contributed by atoms with Gasteiger partial charge in [-0.2, -0.15) is 0 Å². The highest BCUT2D eigenvalue weighted by Gasteiger charge is 2.21. The van der Waals surface area contributed by atoms with Gasteiger partial charge in [0.25, 0.3) is 5.56 Å². The van der Waals surface area contributed by atoms with Gasteiger partial charge in [0, 0.05) is 23.9 Å². The minimum atomic E-state index is -0.963. The van der Waals surface area contributed by atoms with Gasteiger partial charge >= 0.3 is 0 Å². The van der Waals surface area contributed by atoms with Crippen LogP contribution in [-0.2, 0) is 6.61 Å². The van der Waals surface area contributed by atoms with Gasteiger partial charge in [0.15, 0.2) is 5.76 Å². The summed E-state index contributed by atoms with van der Waals surface area (Å²) in [5, 5.41) is 9.37. The van der Waals surface area contributed by atoms with E-state index in [1.807, 2.05) is 0 Å². The number of aliphatic hydroxyl groups is 1. The number of hydrogen-bond acceptors (Lipinski definition) is 4. The first-order valence-corrected chi connectivity index (χ1v) is 8.62. The normalized spacial score (nSPS) is 11.1. The van der Waals surface area contributed by atoms with E-state index in [9.17, 15) is 27.5 Å². The highest BCUT2D eigenvalue weighted by atomic mass is 19.1. The van der Waals surface area contributed by atoms with Gasteiger partial charge in [-0.1, -0.05) is 6.07 Å². The number of benzene rings is 2. The molecule has 0 unspecified atom stereocenters. The standard InChI is InChI=1S/C21H12F4N2O3/c22-12-5-6-13(16(25)8-12)21-19(26-17(10-28)30-21)11-4-7-18(29)27(9-11)20-14(23)2-1-3-15(20)24/h1-9,28H,10H2. The van der Waals surface area contributed by atoms with Crippen molar-refractivity contribution in [1.29, 1.82) is 0 Å². The Morgan fingerprint density at radius 1 is 0.967 bits per heavy atom. The third-order valence-electron chi connectivity index (χ3n) is 4.35. The van der Waals surface area contributed by atoms with Crippen molar-refractivity contribution < 1.29 is 27.1 Å². The monoisotopic (exact) mass is 416 g/mol. The maximum Gasteiger partial charge on any atom is 0.255 e. The maximum absolute atomic E-state index is 14.3. The molecule has 0 radical (unpaired) electrons. The number of rotatable bonds is 4. The van der Waals surface area contributed by atoms with Crippen molar-refractivity contribution in [3.8, 4) is 28.3 Å². The molecular weight excluding hydrogens is 404 g/mol. The molecule has 9 heteroatoms. The van der Waals surface area contributed by atoms with Crippen LogP contribution in [0, 0.1) is 23.3 Å². The molecule has 2 aromatic carbocycles. The van der Waals surface area contributed by atoms with E-state index >= 15 is 0 Å². The quantitative estimate of drug-likeness (QED) is 0.506. The molecular formula is C21H12F4N2O3. The highest BCUT2D eigenvalue weighted by molar-refractivity contribution is 5.77. The van der Waals surface area contributed by atoms with E-state index in [2.05, 4.69) is 4.98 Å². The Hall–Kier alpha value is -3.72. The first-order chi connectivity index (χ1) is 14.4. The summed E-state index contributed by atoms with van der Waals surface area (Å²) in [7, 11) is 0. The Kier molecular flexibility index (Phi) is 4.96. The zero-order valence-electron chi connectivity index (χ0n) is 15.1. The van der Waals surface area contributed by atoms with Crippen LogP contribution in [0.2, 0.25) is 0 Å². The third-order valence-corrected chi connectivity index (χ3v) is 4.35. The van der Waals surface area contributed by atoms with Crippen LogP contribution in [0.3, 0.4) is 0 Å². The van der Waals surface area contributed by atoms with Crippen molar-refractivity contribution in [3.05, 3.63) is 94.2 Å². The molecule has 0 aliphatic carbocycles. The summed E-state index contributed by atoms with van der Waals surface area (Å²) in [5.41, 5.74) is -1.31. The van der Waals surface area contributed by atoms with Crippen LogP contribution in [0.1, 0.15) is 5.89 Å². The van der Waals surface area contributed by atoms with Gasteiger partial charge in [-0.15, -0.1) is 0 Å². The molecule has 0 spiro atoms. The van der Waals surface area contributed by atoms with Gasteiger partial charge < -0.3 is 9.52 Å². The van der Waals surface area contributed by atoms with E-state index in [0.717, 1.165) is 47.2 Å². The van der Waals surface area contributed by atoms with Crippen LogP contribution in [0.25, 0.3) is 28.3 Å². The lowest BCUT2D eigenvalue weighted by Crippen LogP contribution is -2.19.